The molecule has 1 atom stereocenters. The van der Waals surface area contributed by atoms with Gasteiger partial charge < -0.3 is 19.7 Å². The van der Waals surface area contributed by atoms with E-state index in [0.29, 0.717) is 11.4 Å². The fraction of sp³-hybridized carbons (Fsp3) is 0.400. The number of likely N-dealkylation sites (N-methyl/N-ethyl adjacent to an activating group) is 1. The molecule has 1 aliphatic rings. The van der Waals surface area contributed by atoms with Crippen LogP contribution in [0.1, 0.15) is 12.5 Å². The number of amides is 2. The van der Waals surface area contributed by atoms with E-state index < -0.39 is 23.4 Å². The number of hydrogen-bond acceptors (Lipinski definition) is 5. The number of aryl methyl sites for hydroxylation is 1. The SMILES string of the molecule is COC(=O)CNC(=O)C1(C)Oc2ccc(C)cc2N(C)C1=O. The average Bonchev–Trinajstić information content (AvgIpc) is 2.51. The zero-order chi connectivity index (χ0) is 16.5. The molecule has 1 N–H and O–H groups in total. The number of benzene rings is 1. The number of carbonyl (C=O) groups excluding carboxylic acids is 3. The van der Waals surface area contributed by atoms with E-state index in [1.165, 1.54) is 18.9 Å². The Balaban J connectivity index is 2.28. The van der Waals surface area contributed by atoms with Crippen LogP contribution in [0.4, 0.5) is 5.69 Å². The summed E-state index contributed by atoms with van der Waals surface area (Å²) in [6.45, 7) is 2.95. The molecule has 0 aliphatic carbocycles. The Kier molecular flexibility index (Phi) is 4.07. The normalized spacial score (nSPS) is 20.0. The molecule has 0 fully saturated rings. The van der Waals surface area contributed by atoms with Crippen LogP contribution in [0.5, 0.6) is 5.75 Å². The molecule has 7 nitrogen and oxygen atoms in total. The van der Waals surface area contributed by atoms with E-state index in [2.05, 4.69) is 10.1 Å². The molecular formula is C15H18N2O5. The maximum atomic E-state index is 12.5. The van der Waals surface area contributed by atoms with Gasteiger partial charge in [-0.05, 0) is 31.5 Å². The molecule has 0 aromatic heterocycles. The molecule has 1 heterocycles. The number of nitrogens with zero attached hydrogens (tertiary/aromatic N) is 1. The van der Waals surface area contributed by atoms with Gasteiger partial charge in [0.25, 0.3) is 17.4 Å². The van der Waals surface area contributed by atoms with Gasteiger partial charge in [-0.1, -0.05) is 6.07 Å². The van der Waals surface area contributed by atoms with Gasteiger partial charge >= 0.3 is 5.97 Å². The molecule has 1 aromatic rings. The van der Waals surface area contributed by atoms with Gasteiger partial charge in [-0.25, -0.2) is 0 Å². The summed E-state index contributed by atoms with van der Waals surface area (Å²) in [7, 11) is 2.79. The number of carbonyl (C=O) groups is 3. The maximum absolute atomic E-state index is 12.5. The number of hydrogen-bond donors (Lipinski definition) is 1. The first-order valence-corrected chi connectivity index (χ1v) is 6.72. The number of ether oxygens (including phenoxy) is 2. The number of esters is 1. The molecule has 1 aliphatic heterocycles. The van der Waals surface area contributed by atoms with Crippen molar-refractivity contribution in [2.24, 2.45) is 0 Å². The van der Waals surface area contributed by atoms with E-state index in [4.69, 9.17) is 4.74 Å². The lowest BCUT2D eigenvalue weighted by Crippen LogP contribution is -2.61. The van der Waals surface area contributed by atoms with Gasteiger partial charge in [0.2, 0.25) is 0 Å². The van der Waals surface area contributed by atoms with Gasteiger partial charge in [-0.2, -0.15) is 0 Å². The fourth-order valence-corrected chi connectivity index (χ4v) is 2.21. The smallest absolute Gasteiger partial charge is 0.325 e. The van der Waals surface area contributed by atoms with Gasteiger partial charge in [0.15, 0.2) is 0 Å². The van der Waals surface area contributed by atoms with Crippen LogP contribution < -0.4 is 15.0 Å². The monoisotopic (exact) mass is 306 g/mol. The summed E-state index contributed by atoms with van der Waals surface area (Å²) in [5.74, 6) is -1.37. The summed E-state index contributed by atoms with van der Waals surface area (Å²) in [4.78, 5) is 37.3. The summed E-state index contributed by atoms with van der Waals surface area (Å²) in [6.07, 6.45) is 0. The van der Waals surface area contributed by atoms with Gasteiger partial charge in [-0.3, -0.25) is 14.4 Å². The molecule has 22 heavy (non-hydrogen) atoms. The molecule has 2 amide bonds. The molecule has 0 saturated carbocycles. The fourth-order valence-electron chi connectivity index (χ4n) is 2.21. The molecule has 1 unspecified atom stereocenters. The molecule has 0 radical (unpaired) electrons. The molecule has 7 heteroatoms. The van der Waals surface area contributed by atoms with Crippen LogP contribution in [0.15, 0.2) is 18.2 Å². The lowest BCUT2D eigenvalue weighted by atomic mass is 10.00. The average molecular weight is 306 g/mol. The predicted octanol–water partition coefficient (Wildman–Crippen LogP) is 0.398. The van der Waals surface area contributed by atoms with Crippen molar-refractivity contribution >= 4 is 23.5 Å². The van der Waals surface area contributed by atoms with Gasteiger partial charge in [-0.15, -0.1) is 0 Å². The third-order valence-electron chi connectivity index (χ3n) is 3.56. The van der Waals surface area contributed by atoms with Crippen LogP contribution in [0.2, 0.25) is 0 Å². The van der Waals surface area contributed by atoms with E-state index in [1.54, 1.807) is 19.2 Å². The Morgan fingerprint density at radius 2 is 2.09 bits per heavy atom. The van der Waals surface area contributed by atoms with E-state index in [1.807, 2.05) is 13.0 Å². The second kappa shape index (κ2) is 5.67. The van der Waals surface area contributed by atoms with Crippen molar-refractivity contribution in [3.05, 3.63) is 23.8 Å². The van der Waals surface area contributed by atoms with E-state index in [-0.39, 0.29) is 6.54 Å². The summed E-state index contributed by atoms with van der Waals surface area (Å²) in [5.41, 5.74) is -0.158. The lowest BCUT2D eigenvalue weighted by molar-refractivity contribution is -0.150. The number of methoxy groups -OCH3 is 1. The second-order valence-electron chi connectivity index (χ2n) is 5.23. The Morgan fingerprint density at radius 1 is 1.41 bits per heavy atom. The van der Waals surface area contributed by atoms with Crippen LogP contribution in [-0.4, -0.2) is 44.1 Å². The van der Waals surface area contributed by atoms with Crippen molar-refractivity contribution in [2.75, 3.05) is 25.6 Å². The second-order valence-corrected chi connectivity index (χ2v) is 5.23. The molecule has 2 rings (SSSR count). The molecule has 0 bridgehead atoms. The van der Waals surface area contributed by atoms with Crippen molar-refractivity contribution in [2.45, 2.75) is 19.4 Å². The minimum absolute atomic E-state index is 0.327. The first kappa shape index (κ1) is 15.8. The van der Waals surface area contributed by atoms with Gasteiger partial charge in [0.05, 0.1) is 12.8 Å². The van der Waals surface area contributed by atoms with E-state index in [0.717, 1.165) is 5.56 Å². The number of nitrogens with one attached hydrogen (secondary N) is 1. The Labute approximate surface area is 128 Å². The van der Waals surface area contributed by atoms with Crippen LogP contribution in [-0.2, 0) is 19.1 Å². The Morgan fingerprint density at radius 3 is 2.73 bits per heavy atom. The zero-order valence-electron chi connectivity index (χ0n) is 12.9. The Bertz CT molecular complexity index is 643. The summed E-state index contributed by atoms with van der Waals surface area (Å²) < 4.78 is 10.1. The summed E-state index contributed by atoms with van der Waals surface area (Å²) in [6, 6.07) is 5.34. The highest BCUT2D eigenvalue weighted by atomic mass is 16.5. The standard InChI is InChI=1S/C15H18N2O5/c1-9-5-6-11-10(7-9)17(3)14(20)15(2,22-11)13(19)16-8-12(18)21-4/h5-7H,8H2,1-4H3,(H,16,19). The van der Waals surface area contributed by atoms with Gasteiger partial charge in [0.1, 0.15) is 12.3 Å². The van der Waals surface area contributed by atoms with E-state index >= 15 is 0 Å². The van der Waals surface area contributed by atoms with Crippen LogP contribution in [0, 0.1) is 6.92 Å². The highest BCUT2D eigenvalue weighted by Crippen LogP contribution is 2.37. The van der Waals surface area contributed by atoms with Crippen molar-refractivity contribution < 1.29 is 23.9 Å². The van der Waals surface area contributed by atoms with Crippen molar-refractivity contribution in [1.82, 2.24) is 5.32 Å². The quantitative estimate of drug-likeness (QED) is 0.645. The van der Waals surface area contributed by atoms with Crippen LogP contribution in [0.25, 0.3) is 0 Å². The zero-order valence-corrected chi connectivity index (χ0v) is 12.9. The third kappa shape index (κ3) is 2.61. The first-order chi connectivity index (χ1) is 10.3. The topological polar surface area (TPSA) is 84.9 Å². The molecule has 0 spiro atoms. The van der Waals surface area contributed by atoms with Crippen molar-refractivity contribution in [3.8, 4) is 5.75 Å². The van der Waals surface area contributed by atoms with E-state index in [9.17, 15) is 14.4 Å². The van der Waals surface area contributed by atoms with Crippen molar-refractivity contribution in [1.29, 1.82) is 0 Å². The molecule has 118 valence electrons. The predicted molar refractivity (Wildman–Crippen MR) is 78.6 cm³/mol. The highest BCUT2D eigenvalue weighted by Gasteiger charge is 2.49. The summed E-state index contributed by atoms with van der Waals surface area (Å²) in [5, 5.41) is 2.35. The first-order valence-electron chi connectivity index (χ1n) is 6.72. The molecular weight excluding hydrogens is 288 g/mol. The number of rotatable bonds is 3. The van der Waals surface area contributed by atoms with Crippen LogP contribution >= 0.6 is 0 Å². The molecule has 0 saturated heterocycles. The lowest BCUT2D eigenvalue weighted by Gasteiger charge is -2.37. The minimum Gasteiger partial charge on any atom is -0.468 e. The Hall–Kier alpha value is -2.57. The number of fused-ring (bicyclic) bond motifs is 1. The summed E-state index contributed by atoms with van der Waals surface area (Å²) >= 11 is 0. The van der Waals surface area contributed by atoms with Crippen molar-refractivity contribution in [3.63, 3.8) is 0 Å². The largest absolute Gasteiger partial charge is 0.468 e. The number of anilines is 1. The van der Waals surface area contributed by atoms with Crippen LogP contribution in [0.3, 0.4) is 0 Å². The third-order valence-corrected chi connectivity index (χ3v) is 3.56. The highest BCUT2D eigenvalue weighted by molar-refractivity contribution is 6.16. The maximum Gasteiger partial charge on any atom is 0.325 e. The minimum atomic E-state index is -1.73. The molecule has 1 aromatic carbocycles. The van der Waals surface area contributed by atoms with Gasteiger partial charge in [0, 0.05) is 7.05 Å².